The molecule has 0 amide bonds. The summed E-state index contributed by atoms with van der Waals surface area (Å²) in [5.74, 6) is 1.47. The van der Waals surface area contributed by atoms with Crippen molar-refractivity contribution in [3.63, 3.8) is 0 Å². The van der Waals surface area contributed by atoms with Crippen LogP contribution in [0.5, 0.6) is 0 Å². The molecule has 2 rings (SSSR count). The molecule has 2 aromatic rings. The van der Waals surface area contributed by atoms with Gasteiger partial charge in [-0.25, -0.2) is 4.98 Å². The molecule has 19 heavy (non-hydrogen) atoms. The molecule has 4 heteroatoms. The summed E-state index contributed by atoms with van der Waals surface area (Å²) in [4.78, 5) is 8.64. The minimum Gasteiger partial charge on any atom is -0.370 e. The van der Waals surface area contributed by atoms with Crippen LogP contribution in [0.2, 0.25) is 0 Å². The summed E-state index contributed by atoms with van der Waals surface area (Å²) in [5.41, 5.74) is 2.33. The Bertz CT molecular complexity index is 508. The van der Waals surface area contributed by atoms with E-state index in [0.717, 1.165) is 30.9 Å². The molecule has 0 saturated carbocycles. The lowest BCUT2D eigenvalue weighted by molar-refractivity contribution is 0.966. The van der Waals surface area contributed by atoms with Crippen molar-refractivity contribution < 1.29 is 0 Å². The van der Waals surface area contributed by atoms with Gasteiger partial charge in [0.1, 0.15) is 5.82 Å². The highest BCUT2D eigenvalue weighted by Crippen LogP contribution is 2.15. The van der Waals surface area contributed by atoms with Gasteiger partial charge in [0.15, 0.2) is 0 Å². The molecule has 0 unspecified atom stereocenters. The Hall–Kier alpha value is -2.10. The van der Waals surface area contributed by atoms with Crippen LogP contribution in [0.25, 0.3) is 0 Å². The van der Waals surface area contributed by atoms with Crippen molar-refractivity contribution in [1.82, 2.24) is 9.97 Å². The Morgan fingerprint density at radius 3 is 2.53 bits per heavy atom. The molecule has 0 fully saturated rings. The van der Waals surface area contributed by atoms with Crippen LogP contribution >= 0.6 is 0 Å². The first-order chi connectivity index (χ1) is 9.31. The third kappa shape index (κ3) is 3.95. The molecule has 0 saturated heterocycles. The molecule has 0 aliphatic rings. The maximum absolute atomic E-state index is 4.41. The second-order valence-corrected chi connectivity index (χ2v) is 4.37. The van der Waals surface area contributed by atoms with Crippen LogP contribution < -0.4 is 10.6 Å². The Morgan fingerprint density at radius 1 is 1.05 bits per heavy atom. The average molecular weight is 256 g/mol. The third-order valence-electron chi connectivity index (χ3n) is 2.83. The maximum Gasteiger partial charge on any atom is 0.229 e. The van der Waals surface area contributed by atoms with Crippen LogP contribution in [0.4, 0.5) is 17.5 Å². The van der Waals surface area contributed by atoms with Gasteiger partial charge in [0.2, 0.25) is 5.95 Å². The van der Waals surface area contributed by atoms with Gasteiger partial charge in [-0.05, 0) is 36.6 Å². The van der Waals surface area contributed by atoms with E-state index in [1.54, 1.807) is 6.20 Å². The van der Waals surface area contributed by atoms with Gasteiger partial charge in [-0.2, -0.15) is 4.98 Å². The van der Waals surface area contributed by atoms with Gasteiger partial charge in [0, 0.05) is 18.4 Å². The summed E-state index contributed by atoms with van der Waals surface area (Å²) in [5, 5.41) is 6.46. The van der Waals surface area contributed by atoms with E-state index < -0.39 is 0 Å². The highest BCUT2D eigenvalue weighted by Gasteiger charge is 1.99. The smallest absolute Gasteiger partial charge is 0.229 e. The lowest BCUT2D eigenvalue weighted by atomic mass is 10.1. The van der Waals surface area contributed by atoms with Crippen molar-refractivity contribution in [3.8, 4) is 0 Å². The van der Waals surface area contributed by atoms with Crippen molar-refractivity contribution in [2.75, 3.05) is 17.2 Å². The first kappa shape index (κ1) is 13.3. The summed E-state index contributed by atoms with van der Waals surface area (Å²) in [7, 11) is 0. The molecule has 0 atom stereocenters. The molecule has 0 aliphatic carbocycles. The SMILES string of the molecule is CCCNc1ccnc(Nc2ccc(CC)cc2)n1. The molecule has 1 heterocycles. The highest BCUT2D eigenvalue weighted by atomic mass is 15.1. The largest absolute Gasteiger partial charge is 0.370 e. The van der Waals surface area contributed by atoms with Crippen LogP contribution in [0.3, 0.4) is 0 Å². The molecule has 0 aliphatic heterocycles. The number of rotatable bonds is 6. The monoisotopic (exact) mass is 256 g/mol. The Morgan fingerprint density at radius 2 is 1.84 bits per heavy atom. The molecule has 100 valence electrons. The minimum atomic E-state index is 0.616. The van der Waals surface area contributed by atoms with E-state index in [1.807, 2.05) is 18.2 Å². The van der Waals surface area contributed by atoms with Crippen LogP contribution in [0, 0.1) is 0 Å². The molecular formula is C15H20N4. The fraction of sp³-hybridized carbons (Fsp3) is 0.333. The van der Waals surface area contributed by atoms with E-state index >= 15 is 0 Å². The van der Waals surface area contributed by atoms with Gasteiger partial charge >= 0.3 is 0 Å². The normalized spacial score (nSPS) is 10.2. The topological polar surface area (TPSA) is 49.8 Å². The van der Waals surface area contributed by atoms with Crippen LogP contribution in [0.15, 0.2) is 36.5 Å². The van der Waals surface area contributed by atoms with E-state index in [4.69, 9.17) is 0 Å². The molecule has 2 N–H and O–H groups in total. The van der Waals surface area contributed by atoms with Crippen molar-refractivity contribution >= 4 is 17.5 Å². The molecular weight excluding hydrogens is 236 g/mol. The maximum atomic E-state index is 4.41. The zero-order valence-electron chi connectivity index (χ0n) is 11.5. The van der Waals surface area contributed by atoms with Gasteiger partial charge in [0.05, 0.1) is 0 Å². The van der Waals surface area contributed by atoms with Gasteiger partial charge in [-0.3, -0.25) is 0 Å². The fourth-order valence-electron chi connectivity index (χ4n) is 1.72. The minimum absolute atomic E-state index is 0.616. The second kappa shape index (κ2) is 6.73. The summed E-state index contributed by atoms with van der Waals surface area (Å²) >= 11 is 0. The summed E-state index contributed by atoms with van der Waals surface area (Å²) < 4.78 is 0. The number of benzene rings is 1. The molecule has 4 nitrogen and oxygen atoms in total. The predicted octanol–water partition coefficient (Wildman–Crippen LogP) is 3.60. The number of anilines is 3. The van der Waals surface area contributed by atoms with Crippen LogP contribution in [-0.2, 0) is 6.42 Å². The molecule has 0 spiro atoms. The average Bonchev–Trinajstić information content (AvgIpc) is 2.46. The first-order valence-electron chi connectivity index (χ1n) is 6.74. The van der Waals surface area contributed by atoms with E-state index in [1.165, 1.54) is 5.56 Å². The van der Waals surface area contributed by atoms with Crippen molar-refractivity contribution in [2.45, 2.75) is 26.7 Å². The zero-order valence-corrected chi connectivity index (χ0v) is 11.5. The lowest BCUT2D eigenvalue weighted by Gasteiger charge is -2.08. The third-order valence-corrected chi connectivity index (χ3v) is 2.83. The Labute approximate surface area is 114 Å². The fourth-order valence-corrected chi connectivity index (χ4v) is 1.72. The van der Waals surface area contributed by atoms with Crippen LogP contribution in [0.1, 0.15) is 25.8 Å². The van der Waals surface area contributed by atoms with E-state index in [0.29, 0.717) is 5.95 Å². The lowest BCUT2D eigenvalue weighted by Crippen LogP contribution is -2.04. The zero-order chi connectivity index (χ0) is 13.5. The number of nitrogens with zero attached hydrogens (tertiary/aromatic N) is 2. The van der Waals surface area contributed by atoms with Crippen molar-refractivity contribution in [1.29, 1.82) is 0 Å². The molecule has 1 aromatic heterocycles. The van der Waals surface area contributed by atoms with Gasteiger partial charge in [0.25, 0.3) is 0 Å². The first-order valence-corrected chi connectivity index (χ1v) is 6.74. The van der Waals surface area contributed by atoms with E-state index in [2.05, 4.69) is 46.6 Å². The van der Waals surface area contributed by atoms with Crippen molar-refractivity contribution in [3.05, 3.63) is 42.1 Å². The van der Waals surface area contributed by atoms with Gasteiger partial charge in [-0.15, -0.1) is 0 Å². The summed E-state index contributed by atoms with van der Waals surface area (Å²) in [6, 6.07) is 10.2. The molecule has 0 bridgehead atoms. The number of nitrogens with one attached hydrogen (secondary N) is 2. The Kier molecular flexibility index (Phi) is 4.72. The second-order valence-electron chi connectivity index (χ2n) is 4.37. The van der Waals surface area contributed by atoms with E-state index in [9.17, 15) is 0 Å². The predicted molar refractivity (Wildman–Crippen MR) is 79.9 cm³/mol. The van der Waals surface area contributed by atoms with Crippen LogP contribution in [-0.4, -0.2) is 16.5 Å². The number of hydrogen-bond donors (Lipinski definition) is 2. The molecule has 0 radical (unpaired) electrons. The van der Waals surface area contributed by atoms with E-state index in [-0.39, 0.29) is 0 Å². The van der Waals surface area contributed by atoms with Crippen molar-refractivity contribution in [2.24, 2.45) is 0 Å². The highest BCUT2D eigenvalue weighted by molar-refractivity contribution is 5.55. The number of aryl methyl sites for hydroxylation is 1. The standard InChI is InChI=1S/C15H20N4/c1-3-10-16-14-9-11-17-15(19-14)18-13-7-5-12(4-2)6-8-13/h5-9,11H,3-4,10H2,1-2H3,(H2,16,17,18,19). The number of aromatic nitrogens is 2. The quantitative estimate of drug-likeness (QED) is 0.829. The molecule has 1 aromatic carbocycles. The Balaban J connectivity index is 2.05. The summed E-state index contributed by atoms with van der Waals surface area (Å²) in [6.45, 7) is 5.19. The van der Waals surface area contributed by atoms with Gasteiger partial charge in [-0.1, -0.05) is 26.0 Å². The number of hydrogen-bond acceptors (Lipinski definition) is 4. The summed E-state index contributed by atoms with van der Waals surface area (Å²) in [6.07, 6.45) is 3.88. The van der Waals surface area contributed by atoms with Gasteiger partial charge < -0.3 is 10.6 Å².